The fourth-order valence-electron chi connectivity index (χ4n) is 3.98. The van der Waals surface area contributed by atoms with Gasteiger partial charge in [-0.15, -0.1) is 12.4 Å². The van der Waals surface area contributed by atoms with Crippen LogP contribution in [0.4, 0.5) is 10.1 Å². The molecule has 1 saturated heterocycles. The van der Waals surface area contributed by atoms with Crippen LogP contribution in [0.5, 0.6) is 0 Å². The maximum Gasteiger partial charge on any atom is 0.230 e. The Balaban J connectivity index is 0.00000225. The zero-order valence-electron chi connectivity index (χ0n) is 16.1. The van der Waals surface area contributed by atoms with Crippen LogP contribution in [0.2, 0.25) is 0 Å². The fraction of sp³-hybridized carbons (Fsp3) is 0.435. The molecule has 2 aromatic carbocycles. The van der Waals surface area contributed by atoms with Gasteiger partial charge in [0.05, 0.1) is 0 Å². The van der Waals surface area contributed by atoms with E-state index in [2.05, 4.69) is 35.2 Å². The van der Waals surface area contributed by atoms with Crippen LogP contribution in [0.15, 0.2) is 54.6 Å². The topological polar surface area (TPSA) is 23.6 Å². The highest BCUT2D eigenvalue weighted by atomic mass is 35.5. The number of halogens is 2. The summed E-state index contributed by atoms with van der Waals surface area (Å²) < 4.78 is 13.3. The highest BCUT2D eigenvalue weighted by Crippen LogP contribution is 2.35. The Morgan fingerprint density at radius 3 is 2.21 bits per heavy atom. The van der Waals surface area contributed by atoms with Crippen LogP contribution in [-0.2, 0) is 11.2 Å². The van der Waals surface area contributed by atoms with E-state index in [0.29, 0.717) is 0 Å². The minimum Gasteiger partial charge on any atom is -0.309 e. The summed E-state index contributed by atoms with van der Waals surface area (Å²) in [5.74, 6) is 0.142. The van der Waals surface area contributed by atoms with Crippen LogP contribution in [0.3, 0.4) is 0 Å². The molecule has 0 spiro atoms. The van der Waals surface area contributed by atoms with Crippen LogP contribution in [-0.4, -0.2) is 36.5 Å². The first-order chi connectivity index (χ1) is 13.2. The molecule has 28 heavy (non-hydrogen) atoms. The van der Waals surface area contributed by atoms with E-state index in [9.17, 15) is 9.18 Å². The Bertz CT molecular complexity index is 756. The Labute approximate surface area is 172 Å². The number of nitrogens with zero attached hydrogens (tertiary/aromatic N) is 2. The number of amides is 1. The molecule has 0 bridgehead atoms. The summed E-state index contributed by atoms with van der Waals surface area (Å²) in [5, 5.41) is 0. The van der Waals surface area contributed by atoms with E-state index in [1.807, 2.05) is 4.90 Å². The van der Waals surface area contributed by atoms with E-state index >= 15 is 0 Å². The van der Waals surface area contributed by atoms with Crippen LogP contribution in [0, 0.1) is 11.7 Å². The highest BCUT2D eigenvalue weighted by molar-refractivity contribution is 5.97. The second-order valence-corrected chi connectivity index (χ2v) is 7.77. The Morgan fingerprint density at radius 2 is 1.61 bits per heavy atom. The largest absolute Gasteiger partial charge is 0.309 e. The van der Waals surface area contributed by atoms with Gasteiger partial charge in [0.15, 0.2) is 0 Å². The van der Waals surface area contributed by atoms with Crippen LogP contribution in [0.1, 0.15) is 31.2 Å². The minimum absolute atomic E-state index is 0. The van der Waals surface area contributed by atoms with E-state index in [1.165, 1.54) is 17.7 Å². The van der Waals surface area contributed by atoms with Crippen LogP contribution < -0.4 is 4.90 Å². The van der Waals surface area contributed by atoms with Crippen molar-refractivity contribution >= 4 is 24.0 Å². The van der Waals surface area contributed by atoms with Gasteiger partial charge in [-0.1, -0.05) is 30.3 Å². The SMILES string of the molecule is Cl.O=C(C1CC1)N(c1ccc(F)cc1)C1CCN(CCc2ccccc2)CC1. The lowest BCUT2D eigenvalue weighted by atomic mass is 10.0. The van der Waals surface area contributed by atoms with Crippen molar-refractivity contribution in [3.05, 3.63) is 66.0 Å². The molecule has 1 aliphatic heterocycles. The second-order valence-electron chi connectivity index (χ2n) is 7.77. The highest BCUT2D eigenvalue weighted by Gasteiger charge is 2.38. The maximum atomic E-state index is 13.3. The molecule has 2 aliphatic rings. The average molecular weight is 403 g/mol. The number of benzene rings is 2. The molecule has 1 aliphatic carbocycles. The quantitative estimate of drug-likeness (QED) is 0.699. The molecule has 1 amide bonds. The van der Waals surface area contributed by atoms with Gasteiger partial charge < -0.3 is 9.80 Å². The number of piperidine rings is 1. The van der Waals surface area contributed by atoms with Crippen molar-refractivity contribution in [3.8, 4) is 0 Å². The molecule has 0 radical (unpaired) electrons. The lowest BCUT2D eigenvalue weighted by molar-refractivity contribution is -0.120. The van der Waals surface area contributed by atoms with E-state index in [4.69, 9.17) is 0 Å². The van der Waals surface area contributed by atoms with Crippen LogP contribution in [0.25, 0.3) is 0 Å². The number of carbonyl (C=O) groups excluding carboxylic acids is 1. The molecule has 3 nitrogen and oxygen atoms in total. The number of carbonyl (C=O) groups is 1. The predicted molar refractivity (Wildman–Crippen MR) is 113 cm³/mol. The Kier molecular flexibility index (Phi) is 7.08. The van der Waals surface area contributed by atoms with E-state index in [-0.39, 0.29) is 36.1 Å². The first-order valence-corrected chi connectivity index (χ1v) is 10.1. The third-order valence-corrected chi connectivity index (χ3v) is 5.75. The van der Waals surface area contributed by atoms with Gasteiger partial charge in [-0.05, 0) is 61.9 Å². The first kappa shape index (κ1) is 20.8. The van der Waals surface area contributed by atoms with Crippen molar-refractivity contribution in [2.75, 3.05) is 24.5 Å². The fourth-order valence-corrected chi connectivity index (χ4v) is 3.98. The van der Waals surface area contributed by atoms with Gasteiger partial charge in [0.2, 0.25) is 5.91 Å². The molecule has 4 rings (SSSR count). The van der Waals surface area contributed by atoms with Gasteiger partial charge in [0.25, 0.3) is 0 Å². The number of hydrogen-bond donors (Lipinski definition) is 0. The summed E-state index contributed by atoms with van der Waals surface area (Å²) in [6.07, 6.45) is 5.00. The molecule has 1 heterocycles. The molecule has 2 aromatic rings. The molecular weight excluding hydrogens is 375 g/mol. The second kappa shape index (κ2) is 9.53. The van der Waals surface area contributed by atoms with Crippen molar-refractivity contribution in [2.24, 2.45) is 5.92 Å². The summed E-state index contributed by atoms with van der Waals surface area (Å²) in [6.45, 7) is 3.07. The van der Waals surface area contributed by atoms with E-state index in [1.54, 1.807) is 12.1 Å². The summed E-state index contributed by atoms with van der Waals surface area (Å²) in [7, 11) is 0. The normalized spacial score (nSPS) is 17.8. The molecule has 5 heteroatoms. The molecule has 0 atom stereocenters. The smallest absolute Gasteiger partial charge is 0.230 e. The first-order valence-electron chi connectivity index (χ1n) is 10.1. The molecular formula is C23H28ClFN2O. The monoisotopic (exact) mass is 402 g/mol. The number of hydrogen-bond acceptors (Lipinski definition) is 2. The molecule has 1 saturated carbocycles. The zero-order valence-corrected chi connectivity index (χ0v) is 16.9. The van der Waals surface area contributed by atoms with Gasteiger partial charge in [-0.25, -0.2) is 4.39 Å². The van der Waals surface area contributed by atoms with Crippen molar-refractivity contribution in [2.45, 2.75) is 38.1 Å². The third kappa shape index (κ3) is 5.12. The Hall–Kier alpha value is -1.91. The van der Waals surface area contributed by atoms with Gasteiger partial charge >= 0.3 is 0 Å². The number of likely N-dealkylation sites (tertiary alicyclic amines) is 1. The molecule has 150 valence electrons. The summed E-state index contributed by atoms with van der Waals surface area (Å²) in [6, 6.07) is 17.2. The van der Waals surface area contributed by atoms with Crippen molar-refractivity contribution in [1.29, 1.82) is 0 Å². The molecule has 0 unspecified atom stereocenters. The van der Waals surface area contributed by atoms with Gasteiger partial charge in [-0.2, -0.15) is 0 Å². The lowest BCUT2D eigenvalue weighted by Crippen LogP contribution is -2.48. The molecule has 0 aromatic heterocycles. The summed E-state index contributed by atoms with van der Waals surface area (Å²) >= 11 is 0. The Morgan fingerprint density at radius 1 is 0.964 bits per heavy atom. The van der Waals surface area contributed by atoms with Crippen molar-refractivity contribution in [1.82, 2.24) is 4.90 Å². The van der Waals surface area contributed by atoms with E-state index < -0.39 is 0 Å². The lowest BCUT2D eigenvalue weighted by Gasteiger charge is -2.39. The summed E-state index contributed by atoms with van der Waals surface area (Å²) in [5.41, 5.74) is 2.22. The standard InChI is InChI=1S/C23H27FN2O.ClH/c24-20-8-10-21(11-9-20)26(23(27)19-6-7-19)22-13-16-25(17-14-22)15-12-18-4-2-1-3-5-18;/h1-5,8-11,19,22H,6-7,12-17H2;1H. The predicted octanol–water partition coefficient (Wildman–Crippen LogP) is 4.70. The summed E-state index contributed by atoms with van der Waals surface area (Å²) in [4.78, 5) is 17.4. The van der Waals surface area contributed by atoms with Gasteiger partial charge in [0, 0.05) is 37.3 Å². The third-order valence-electron chi connectivity index (χ3n) is 5.75. The van der Waals surface area contributed by atoms with Crippen LogP contribution >= 0.6 is 12.4 Å². The molecule has 0 N–H and O–H groups in total. The maximum absolute atomic E-state index is 13.3. The zero-order chi connectivity index (χ0) is 18.6. The number of rotatable bonds is 6. The van der Waals surface area contributed by atoms with Crippen molar-refractivity contribution in [3.63, 3.8) is 0 Å². The average Bonchev–Trinajstić information content (AvgIpc) is 3.55. The van der Waals surface area contributed by atoms with Crippen molar-refractivity contribution < 1.29 is 9.18 Å². The van der Waals surface area contributed by atoms with Gasteiger partial charge in [0.1, 0.15) is 5.82 Å². The number of anilines is 1. The van der Waals surface area contributed by atoms with Gasteiger partial charge in [-0.3, -0.25) is 4.79 Å². The van der Waals surface area contributed by atoms with E-state index in [0.717, 1.165) is 57.4 Å². The molecule has 2 fully saturated rings. The minimum atomic E-state index is -0.256.